The van der Waals surface area contributed by atoms with Crippen LogP contribution in [0.5, 0.6) is 17.2 Å². The SMILES string of the molecule is COc1cc2nccc(Oc3ccc(CC(=O)c4cn(O)cc(-c5ccc(F)cc5)c4=O)cc3F)c2nc1C. The second kappa shape index (κ2) is 10.3. The minimum atomic E-state index is -0.727. The molecule has 0 saturated carbocycles. The number of hydrogen-bond acceptors (Lipinski definition) is 7. The lowest BCUT2D eigenvalue weighted by molar-refractivity contribution is 0.0986. The maximum Gasteiger partial charge on any atom is 0.200 e. The lowest BCUT2D eigenvalue weighted by atomic mass is 10.00. The summed E-state index contributed by atoms with van der Waals surface area (Å²) in [5.74, 6) is -1.10. The van der Waals surface area contributed by atoms with E-state index in [9.17, 15) is 19.2 Å². The topological polar surface area (TPSA) is 104 Å². The molecule has 0 saturated heterocycles. The molecule has 196 valence electrons. The Morgan fingerprint density at radius 1 is 1.00 bits per heavy atom. The highest BCUT2D eigenvalue weighted by Crippen LogP contribution is 2.32. The summed E-state index contributed by atoms with van der Waals surface area (Å²) in [5, 5.41) is 10.0. The second-order valence-electron chi connectivity index (χ2n) is 8.72. The highest BCUT2D eigenvalue weighted by atomic mass is 19.1. The van der Waals surface area contributed by atoms with E-state index in [0.717, 1.165) is 18.5 Å². The van der Waals surface area contributed by atoms with Gasteiger partial charge in [0, 0.05) is 30.3 Å². The van der Waals surface area contributed by atoms with Gasteiger partial charge in [0.05, 0.1) is 36.3 Å². The number of nitrogens with zero attached hydrogens (tertiary/aromatic N) is 3. The van der Waals surface area contributed by atoms with Crippen LogP contribution in [0.2, 0.25) is 0 Å². The van der Waals surface area contributed by atoms with Crippen LogP contribution in [-0.4, -0.2) is 32.8 Å². The van der Waals surface area contributed by atoms with Crippen molar-refractivity contribution in [1.82, 2.24) is 14.7 Å². The molecule has 5 rings (SSSR count). The Labute approximate surface area is 220 Å². The van der Waals surface area contributed by atoms with E-state index in [0.29, 0.717) is 38.3 Å². The van der Waals surface area contributed by atoms with E-state index in [1.807, 2.05) is 0 Å². The van der Waals surface area contributed by atoms with Gasteiger partial charge in [-0.25, -0.2) is 18.5 Å². The lowest BCUT2D eigenvalue weighted by Crippen LogP contribution is -2.21. The first-order chi connectivity index (χ1) is 18.7. The van der Waals surface area contributed by atoms with Crippen molar-refractivity contribution in [3.05, 3.63) is 112 Å². The molecule has 10 heteroatoms. The number of aryl methyl sites for hydroxylation is 1. The highest BCUT2D eigenvalue weighted by molar-refractivity contribution is 5.98. The van der Waals surface area contributed by atoms with Crippen molar-refractivity contribution >= 4 is 16.8 Å². The fourth-order valence-corrected chi connectivity index (χ4v) is 4.14. The first-order valence-electron chi connectivity index (χ1n) is 11.7. The molecule has 8 nitrogen and oxygen atoms in total. The normalized spacial score (nSPS) is 11.0. The van der Waals surface area contributed by atoms with Gasteiger partial charge in [0.2, 0.25) is 0 Å². The smallest absolute Gasteiger partial charge is 0.200 e. The molecule has 0 amide bonds. The third-order valence-electron chi connectivity index (χ3n) is 6.09. The van der Waals surface area contributed by atoms with E-state index >= 15 is 4.39 Å². The number of fused-ring (bicyclic) bond motifs is 1. The standard InChI is InChI=1S/C29H21F2N3O5/c1-16-27(38-2)13-23-28(33-16)26(9-10-32-23)39-25-8-3-17(11-22(25)31)12-24(35)21-15-34(37)14-20(29(21)36)18-4-6-19(30)7-5-18/h3-11,13-15,37H,12H2,1-2H3. The van der Waals surface area contributed by atoms with Crippen LogP contribution in [0.4, 0.5) is 8.78 Å². The molecule has 2 aromatic carbocycles. The molecular weight excluding hydrogens is 508 g/mol. The van der Waals surface area contributed by atoms with Crippen LogP contribution in [0.25, 0.3) is 22.2 Å². The predicted octanol–water partition coefficient (Wildman–Crippen LogP) is 5.51. The number of aromatic nitrogens is 3. The van der Waals surface area contributed by atoms with E-state index in [4.69, 9.17) is 9.47 Å². The van der Waals surface area contributed by atoms with Gasteiger partial charge in [-0.05, 0) is 42.3 Å². The third-order valence-corrected chi connectivity index (χ3v) is 6.09. The number of hydrogen-bond donors (Lipinski definition) is 1. The molecule has 0 atom stereocenters. The van der Waals surface area contributed by atoms with Gasteiger partial charge in [0.15, 0.2) is 28.5 Å². The van der Waals surface area contributed by atoms with Crippen LogP contribution >= 0.6 is 0 Å². The minimum Gasteiger partial charge on any atom is -0.495 e. The third kappa shape index (κ3) is 5.17. The van der Waals surface area contributed by atoms with E-state index in [2.05, 4.69) is 9.97 Å². The summed E-state index contributed by atoms with van der Waals surface area (Å²) < 4.78 is 40.0. The number of ether oxygens (including phenoxy) is 2. The summed E-state index contributed by atoms with van der Waals surface area (Å²) in [5.41, 5.74) is 1.26. The van der Waals surface area contributed by atoms with Gasteiger partial charge in [-0.1, -0.05) is 18.2 Å². The summed E-state index contributed by atoms with van der Waals surface area (Å²) in [7, 11) is 1.53. The molecule has 5 aromatic rings. The van der Waals surface area contributed by atoms with Gasteiger partial charge in [0.1, 0.15) is 17.1 Å². The number of ketones is 1. The molecule has 39 heavy (non-hydrogen) atoms. The number of pyridine rings is 3. The van der Waals surface area contributed by atoms with Crippen LogP contribution in [-0.2, 0) is 6.42 Å². The van der Waals surface area contributed by atoms with Crippen LogP contribution in [0.1, 0.15) is 21.6 Å². The second-order valence-corrected chi connectivity index (χ2v) is 8.72. The first kappa shape index (κ1) is 25.5. The summed E-state index contributed by atoms with van der Waals surface area (Å²) in [6.07, 6.45) is 3.32. The molecule has 0 fully saturated rings. The summed E-state index contributed by atoms with van der Waals surface area (Å²) in [4.78, 5) is 34.7. The fraction of sp³-hybridized carbons (Fsp3) is 0.103. The number of methoxy groups -OCH3 is 1. The molecule has 0 aliphatic heterocycles. The summed E-state index contributed by atoms with van der Waals surface area (Å²) in [6.45, 7) is 1.77. The van der Waals surface area contributed by atoms with Crippen LogP contribution < -0.4 is 14.9 Å². The average Bonchev–Trinajstić information content (AvgIpc) is 2.91. The molecule has 0 unspecified atom stereocenters. The molecule has 0 aliphatic carbocycles. The molecule has 3 heterocycles. The Hall–Kier alpha value is -5.12. The largest absolute Gasteiger partial charge is 0.495 e. The Bertz CT molecular complexity index is 1790. The zero-order chi connectivity index (χ0) is 27.7. The van der Waals surface area contributed by atoms with Crippen molar-refractivity contribution in [3.63, 3.8) is 0 Å². The molecule has 1 N–H and O–H groups in total. The lowest BCUT2D eigenvalue weighted by Gasteiger charge is -2.12. The number of carbonyl (C=O) groups is 1. The van der Waals surface area contributed by atoms with Crippen molar-refractivity contribution in [2.75, 3.05) is 7.11 Å². The van der Waals surface area contributed by atoms with E-state index in [1.165, 1.54) is 49.7 Å². The Morgan fingerprint density at radius 2 is 1.77 bits per heavy atom. The number of benzene rings is 2. The maximum atomic E-state index is 15.0. The van der Waals surface area contributed by atoms with Crippen molar-refractivity contribution in [2.24, 2.45) is 0 Å². The van der Waals surface area contributed by atoms with Crippen LogP contribution in [0.15, 0.2) is 78.0 Å². The quantitative estimate of drug-likeness (QED) is 0.219. The molecule has 0 aliphatic rings. The van der Waals surface area contributed by atoms with Gasteiger partial charge >= 0.3 is 0 Å². The fourth-order valence-electron chi connectivity index (χ4n) is 4.14. The minimum absolute atomic E-state index is 0.0179. The average molecular weight is 529 g/mol. The van der Waals surface area contributed by atoms with Gasteiger partial charge in [-0.15, -0.1) is 0 Å². The van der Waals surface area contributed by atoms with Crippen molar-refractivity contribution in [2.45, 2.75) is 13.3 Å². The van der Waals surface area contributed by atoms with Crippen molar-refractivity contribution in [1.29, 1.82) is 0 Å². The maximum absolute atomic E-state index is 15.0. The van der Waals surface area contributed by atoms with Crippen molar-refractivity contribution < 1.29 is 28.3 Å². The van der Waals surface area contributed by atoms with Gasteiger partial charge < -0.3 is 14.7 Å². The number of Topliss-reactive ketones (excluding diaryl/α,β-unsaturated/α-hetero) is 1. The molecule has 0 spiro atoms. The van der Waals surface area contributed by atoms with E-state index < -0.39 is 22.8 Å². The Balaban J connectivity index is 1.40. The number of rotatable bonds is 7. The van der Waals surface area contributed by atoms with Gasteiger partial charge in [-0.3, -0.25) is 14.6 Å². The monoisotopic (exact) mass is 529 g/mol. The van der Waals surface area contributed by atoms with Gasteiger partial charge in [-0.2, -0.15) is 0 Å². The Morgan fingerprint density at radius 3 is 2.49 bits per heavy atom. The predicted molar refractivity (Wildman–Crippen MR) is 139 cm³/mol. The Kier molecular flexibility index (Phi) is 6.76. The summed E-state index contributed by atoms with van der Waals surface area (Å²) in [6, 6.07) is 12.4. The zero-order valence-corrected chi connectivity index (χ0v) is 20.8. The van der Waals surface area contributed by atoms with Gasteiger partial charge in [0.25, 0.3) is 0 Å². The van der Waals surface area contributed by atoms with Crippen LogP contribution in [0, 0.1) is 18.6 Å². The first-order valence-corrected chi connectivity index (χ1v) is 11.7. The zero-order valence-electron chi connectivity index (χ0n) is 20.8. The van der Waals surface area contributed by atoms with E-state index in [1.54, 1.807) is 19.1 Å². The molecular formula is C29H21F2N3O5. The van der Waals surface area contributed by atoms with Crippen LogP contribution in [0.3, 0.4) is 0 Å². The molecule has 0 bridgehead atoms. The number of carbonyl (C=O) groups excluding carboxylic acids is 1. The van der Waals surface area contributed by atoms with E-state index in [-0.39, 0.29) is 29.0 Å². The summed E-state index contributed by atoms with van der Waals surface area (Å²) >= 11 is 0. The van der Waals surface area contributed by atoms with Crippen molar-refractivity contribution in [3.8, 4) is 28.4 Å². The highest BCUT2D eigenvalue weighted by Gasteiger charge is 2.18. The number of halogens is 2. The molecule has 0 radical (unpaired) electrons. The molecule has 3 aromatic heterocycles.